The molecule has 20 heavy (non-hydrogen) atoms. The summed E-state index contributed by atoms with van der Waals surface area (Å²) in [7, 11) is 3.24. The third kappa shape index (κ3) is 1.92. The minimum atomic E-state index is -0.911. The molecule has 106 valence electrons. The van der Waals surface area contributed by atoms with Crippen LogP contribution < -0.4 is 10.1 Å². The van der Waals surface area contributed by atoms with Crippen molar-refractivity contribution in [3.05, 3.63) is 35.0 Å². The van der Waals surface area contributed by atoms with Crippen molar-refractivity contribution < 1.29 is 18.3 Å². The molecule has 1 aliphatic rings. The molecule has 1 aliphatic heterocycles. The molecule has 0 unspecified atom stereocenters. The van der Waals surface area contributed by atoms with Gasteiger partial charge in [0.05, 0.1) is 32.1 Å². The zero-order chi connectivity index (χ0) is 14.3. The zero-order valence-corrected chi connectivity index (χ0v) is 11.2. The van der Waals surface area contributed by atoms with Gasteiger partial charge in [0.2, 0.25) is 5.88 Å². The number of hydrogen-bond donors (Lipinski definition) is 1. The topological polar surface area (TPSA) is 43.4 Å². The normalized spacial score (nSPS) is 18.1. The van der Waals surface area contributed by atoms with Crippen LogP contribution in [0.4, 0.5) is 8.78 Å². The second-order valence-electron chi connectivity index (χ2n) is 4.65. The number of nitrogens with zero attached hydrogens (tertiary/aromatic N) is 1. The number of rotatable bonds is 2. The van der Waals surface area contributed by atoms with E-state index in [-0.39, 0.29) is 11.9 Å². The maximum atomic E-state index is 13.6. The molecule has 2 aromatic rings. The molecule has 6 heteroatoms. The van der Waals surface area contributed by atoms with Crippen molar-refractivity contribution in [3.63, 3.8) is 0 Å². The SMILES string of the molecule is CN[C@@H]1COCc2nc(OC)c3cc(F)c(F)cc3c21. The van der Waals surface area contributed by atoms with Gasteiger partial charge in [-0.2, -0.15) is 0 Å². The highest BCUT2D eigenvalue weighted by Crippen LogP contribution is 2.36. The molecule has 1 N–H and O–H groups in total. The number of hydrogen-bond acceptors (Lipinski definition) is 4. The maximum Gasteiger partial charge on any atom is 0.221 e. The Morgan fingerprint density at radius 2 is 2.00 bits per heavy atom. The fourth-order valence-corrected chi connectivity index (χ4v) is 2.58. The van der Waals surface area contributed by atoms with Gasteiger partial charge in [-0.15, -0.1) is 0 Å². The van der Waals surface area contributed by atoms with Gasteiger partial charge in [0.25, 0.3) is 0 Å². The van der Waals surface area contributed by atoms with Crippen LogP contribution in [-0.4, -0.2) is 25.7 Å². The van der Waals surface area contributed by atoms with E-state index in [1.807, 2.05) is 0 Å². The van der Waals surface area contributed by atoms with E-state index in [1.54, 1.807) is 7.05 Å². The summed E-state index contributed by atoms with van der Waals surface area (Å²) in [4.78, 5) is 4.35. The number of pyridine rings is 1. The van der Waals surface area contributed by atoms with Crippen LogP contribution in [0, 0.1) is 11.6 Å². The first-order valence-corrected chi connectivity index (χ1v) is 6.26. The van der Waals surface area contributed by atoms with Gasteiger partial charge in [0, 0.05) is 10.9 Å². The van der Waals surface area contributed by atoms with Crippen LogP contribution in [0.1, 0.15) is 17.3 Å². The van der Waals surface area contributed by atoms with Crippen molar-refractivity contribution in [2.75, 3.05) is 20.8 Å². The summed E-state index contributed by atoms with van der Waals surface area (Å²) in [5.74, 6) is -1.52. The van der Waals surface area contributed by atoms with Crippen LogP contribution in [0.2, 0.25) is 0 Å². The number of fused-ring (bicyclic) bond motifs is 3. The van der Waals surface area contributed by atoms with Crippen LogP contribution in [0.5, 0.6) is 5.88 Å². The molecule has 0 bridgehead atoms. The minimum absolute atomic E-state index is 0.107. The van der Waals surface area contributed by atoms with Gasteiger partial charge < -0.3 is 14.8 Å². The van der Waals surface area contributed by atoms with Crippen molar-refractivity contribution >= 4 is 10.8 Å². The molecule has 0 spiro atoms. The first-order chi connectivity index (χ1) is 9.65. The molecule has 2 heterocycles. The molecule has 0 saturated carbocycles. The summed E-state index contributed by atoms with van der Waals surface area (Å²) < 4.78 is 37.7. The number of likely N-dealkylation sites (N-methyl/N-ethyl adjacent to an activating group) is 1. The minimum Gasteiger partial charge on any atom is -0.481 e. The van der Waals surface area contributed by atoms with E-state index < -0.39 is 11.6 Å². The van der Waals surface area contributed by atoms with Crippen molar-refractivity contribution in [1.82, 2.24) is 10.3 Å². The number of ether oxygens (including phenoxy) is 2. The molecule has 1 aromatic heterocycles. The molecule has 0 saturated heterocycles. The molecule has 0 radical (unpaired) electrons. The Morgan fingerprint density at radius 1 is 1.30 bits per heavy atom. The second kappa shape index (κ2) is 4.96. The van der Waals surface area contributed by atoms with E-state index in [1.165, 1.54) is 13.2 Å². The van der Waals surface area contributed by atoms with E-state index in [0.717, 1.165) is 11.6 Å². The maximum absolute atomic E-state index is 13.6. The molecule has 0 aliphatic carbocycles. The van der Waals surface area contributed by atoms with Crippen molar-refractivity contribution in [3.8, 4) is 5.88 Å². The van der Waals surface area contributed by atoms with E-state index in [2.05, 4.69) is 10.3 Å². The predicted octanol–water partition coefficient (Wildman–Crippen LogP) is 2.31. The molecule has 4 nitrogen and oxygen atoms in total. The molecular formula is C14H14F2N2O2. The van der Waals surface area contributed by atoms with Gasteiger partial charge in [-0.05, 0) is 24.6 Å². The average molecular weight is 280 g/mol. The van der Waals surface area contributed by atoms with Crippen molar-refractivity contribution in [2.45, 2.75) is 12.6 Å². The molecule has 1 aromatic carbocycles. The molecule has 3 rings (SSSR count). The number of aromatic nitrogens is 1. The summed E-state index contributed by atoms with van der Waals surface area (Å²) in [5, 5.41) is 4.17. The fraction of sp³-hybridized carbons (Fsp3) is 0.357. The predicted molar refractivity (Wildman–Crippen MR) is 69.7 cm³/mol. The van der Waals surface area contributed by atoms with Gasteiger partial charge in [0.15, 0.2) is 11.6 Å². The summed E-state index contributed by atoms with van der Waals surface area (Å²) in [6.45, 7) is 0.796. The Morgan fingerprint density at radius 3 is 2.65 bits per heavy atom. The Hall–Kier alpha value is -1.79. The van der Waals surface area contributed by atoms with Gasteiger partial charge in [-0.25, -0.2) is 13.8 Å². The summed E-state index contributed by atoms with van der Waals surface area (Å²) in [5.41, 5.74) is 1.53. The quantitative estimate of drug-likeness (QED) is 0.916. The van der Waals surface area contributed by atoms with E-state index in [0.29, 0.717) is 29.7 Å². The Bertz CT molecular complexity index is 676. The van der Waals surface area contributed by atoms with Gasteiger partial charge >= 0.3 is 0 Å². The zero-order valence-electron chi connectivity index (χ0n) is 11.2. The van der Waals surface area contributed by atoms with Gasteiger partial charge in [0.1, 0.15) is 0 Å². The number of halogens is 2. The first kappa shape index (κ1) is 13.2. The standard InChI is InChI=1S/C14H14F2N2O2/c1-17-11-5-20-6-12-13(11)7-3-9(15)10(16)4-8(7)14(18-12)19-2/h3-4,11,17H,5-6H2,1-2H3/t11-/m1/s1. The highest BCUT2D eigenvalue weighted by atomic mass is 19.2. The molecule has 1 atom stereocenters. The van der Waals surface area contributed by atoms with Crippen LogP contribution in [0.25, 0.3) is 10.8 Å². The smallest absolute Gasteiger partial charge is 0.221 e. The lowest BCUT2D eigenvalue weighted by Gasteiger charge is -2.26. The lowest BCUT2D eigenvalue weighted by atomic mass is 9.96. The summed E-state index contributed by atoms with van der Waals surface area (Å²) in [6.07, 6.45) is 0. The van der Waals surface area contributed by atoms with Crippen LogP contribution in [0.15, 0.2) is 12.1 Å². The fourth-order valence-electron chi connectivity index (χ4n) is 2.58. The summed E-state index contributed by atoms with van der Waals surface area (Å²) >= 11 is 0. The lowest BCUT2D eigenvalue weighted by molar-refractivity contribution is 0.0816. The van der Waals surface area contributed by atoms with Crippen LogP contribution in [0.3, 0.4) is 0 Å². The Labute approximate surface area is 114 Å². The van der Waals surface area contributed by atoms with Crippen LogP contribution in [-0.2, 0) is 11.3 Å². The molecular weight excluding hydrogens is 266 g/mol. The number of methoxy groups -OCH3 is 1. The monoisotopic (exact) mass is 280 g/mol. The van der Waals surface area contributed by atoms with Crippen LogP contribution >= 0.6 is 0 Å². The van der Waals surface area contributed by atoms with E-state index in [9.17, 15) is 8.78 Å². The highest BCUT2D eigenvalue weighted by Gasteiger charge is 2.26. The molecule has 0 amide bonds. The summed E-state index contributed by atoms with van der Waals surface area (Å²) in [6, 6.07) is 2.21. The largest absolute Gasteiger partial charge is 0.481 e. The van der Waals surface area contributed by atoms with E-state index in [4.69, 9.17) is 9.47 Å². The average Bonchev–Trinajstić information content (AvgIpc) is 2.47. The second-order valence-corrected chi connectivity index (χ2v) is 4.65. The van der Waals surface area contributed by atoms with E-state index >= 15 is 0 Å². The highest BCUT2D eigenvalue weighted by molar-refractivity contribution is 5.91. The van der Waals surface area contributed by atoms with Gasteiger partial charge in [-0.3, -0.25) is 0 Å². The third-order valence-electron chi connectivity index (χ3n) is 3.54. The molecule has 0 fully saturated rings. The number of benzene rings is 1. The lowest BCUT2D eigenvalue weighted by Crippen LogP contribution is -2.28. The van der Waals surface area contributed by atoms with Crippen molar-refractivity contribution in [1.29, 1.82) is 0 Å². The Kier molecular flexibility index (Phi) is 3.27. The number of nitrogens with one attached hydrogen (secondary N) is 1. The third-order valence-corrected chi connectivity index (χ3v) is 3.54. The first-order valence-electron chi connectivity index (χ1n) is 6.26. The van der Waals surface area contributed by atoms with Gasteiger partial charge in [-0.1, -0.05) is 0 Å². The van der Waals surface area contributed by atoms with Crippen molar-refractivity contribution in [2.24, 2.45) is 0 Å². The Balaban J connectivity index is 2.38.